The smallest absolute Gasteiger partial charge is 0.333 e. The van der Waals surface area contributed by atoms with E-state index in [-0.39, 0.29) is 11.6 Å². The summed E-state index contributed by atoms with van der Waals surface area (Å²) in [4.78, 5) is 16.2. The Labute approximate surface area is 143 Å². The zero-order valence-electron chi connectivity index (χ0n) is 12.9. The number of nitrogens with zero attached hydrogens (tertiary/aromatic N) is 4. The average Bonchev–Trinajstić information content (AvgIpc) is 3.07. The Hall–Kier alpha value is -1.99. The summed E-state index contributed by atoms with van der Waals surface area (Å²) < 4.78 is 25.5. The Kier molecular flexibility index (Phi) is 5.11. The molecule has 5 nitrogen and oxygen atoms in total. The van der Waals surface area contributed by atoms with Crippen LogP contribution >= 0.6 is 11.6 Å². The van der Waals surface area contributed by atoms with Gasteiger partial charge in [-0.05, 0) is 23.8 Å². The van der Waals surface area contributed by atoms with Gasteiger partial charge >= 0.3 is 6.55 Å². The van der Waals surface area contributed by atoms with E-state index in [4.69, 9.17) is 11.6 Å². The van der Waals surface area contributed by atoms with Crippen LogP contribution in [-0.4, -0.2) is 51.7 Å². The number of hydrogen-bond donors (Lipinski definition) is 0. The molecule has 1 aromatic carbocycles. The largest absolute Gasteiger partial charge is 0.335 e. The Morgan fingerprint density at radius 3 is 2.38 bits per heavy atom. The van der Waals surface area contributed by atoms with E-state index in [9.17, 15) is 13.6 Å². The van der Waals surface area contributed by atoms with Crippen LogP contribution in [0, 0.1) is 0 Å². The summed E-state index contributed by atoms with van der Waals surface area (Å²) in [7, 11) is 0. The zero-order chi connectivity index (χ0) is 17.1. The van der Waals surface area contributed by atoms with Crippen molar-refractivity contribution in [2.24, 2.45) is 0 Å². The molecule has 0 aliphatic carbocycles. The van der Waals surface area contributed by atoms with E-state index in [0.717, 1.165) is 31.4 Å². The van der Waals surface area contributed by atoms with Crippen molar-refractivity contribution in [3.05, 3.63) is 52.8 Å². The molecule has 2 heterocycles. The van der Waals surface area contributed by atoms with Crippen molar-refractivity contribution in [2.45, 2.75) is 13.1 Å². The highest BCUT2D eigenvalue weighted by molar-refractivity contribution is 6.30. The maximum absolute atomic E-state index is 12.5. The fraction of sp³-hybridized carbons (Fsp3) is 0.375. The highest BCUT2D eigenvalue weighted by Crippen LogP contribution is 2.15. The average molecular weight is 355 g/mol. The fourth-order valence-electron chi connectivity index (χ4n) is 2.68. The van der Waals surface area contributed by atoms with Crippen molar-refractivity contribution in [1.82, 2.24) is 19.6 Å². The van der Waals surface area contributed by atoms with Crippen LogP contribution < -0.4 is 0 Å². The van der Waals surface area contributed by atoms with Crippen LogP contribution in [0.15, 0.2) is 36.5 Å². The van der Waals surface area contributed by atoms with Gasteiger partial charge in [0.2, 0.25) is 0 Å². The minimum atomic E-state index is -2.73. The topological polar surface area (TPSA) is 41.4 Å². The number of carbonyl (C=O) groups is 1. The second-order valence-corrected chi connectivity index (χ2v) is 6.09. The van der Waals surface area contributed by atoms with Gasteiger partial charge in [0.25, 0.3) is 5.91 Å². The molecule has 0 spiro atoms. The number of hydrogen-bond acceptors (Lipinski definition) is 3. The van der Waals surface area contributed by atoms with Gasteiger partial charge < -0.3 is 4.90 Å². The molecule has 2 aromatic rings. The molecule has 1 amide bonds. The van der Waals surface area contributed by atoms with Crippen molar-refractivity contribution in [3.8, 4) is 0 Å². The van der Waals surface area contributed by atoms with Gasteiger partial charge in [0.1, 0.15) is 0 Å². The quantitative estimate of drug-likeness (QED) is 0.847. The van der Waals surface area contributed by atoms with Gasteiger partial charge in [-0.25, -0.2) is 4.68 Å². The predicted octanol–water partition coefficient (Wildman–Crippen LogP) is 2.89. The van der Waals surface area contributed by atoms with Crippen LogP contribution in [-0.2, 0) is 6.54 Å². The van der Waals surface area contributed by atoms with E-state index in [2.05, 4.69) is 10.00 Å². The van der Waals surface area contributed by atoms with E-state index in [0.29, 0.717) is 22.8 Å². The van der Waals surface area contributed by atoms with Gasteiger partial charge in [-0.2, -0.15) is 13.9 Å². The molecule has 1 aliphatic heterocycles. The first-order valence-corrected chi connectivity index (χ1v) is 8.00. The third kappa shape index (κ3) is 3.91. The number of rotatable bonds is 4. The number of halogens is 3. The van der Waals surface area contributed by atoms with Crippen molar-refractivity contribution >= 4 is 17.5 Å². The monoisotopic (exact) mass is 354 g/mol. The van der Waals surface area contributed by atoms with Crippen LogP contribution in [0.2, 0.25) is 5.02 Å². The van der Waals surface area contributed by atoms with Gasteiger partial charge in [-0.3, -0.25) is 9.69 Å². The molecule has 0 atom stereocenters. The third-order valence-corrected chi connectivity index (χ3v) is 4.26. The fourth-order valence-corrected chi connectivity index (χ4v) is 2.81. The molecule has 0 saturated carbocycles. The van der Waals surface area contributed by atoms with Gasteiger partial charge in [-0.15, -0.1) is 0 Å². The number of benzene rings is 1. The molecular formula is C16H17ClF2N4O. The van der Waals surface area contributed by atoms with Gasteiger partial charge in [0.05, 0.1) is 0 Å². The zero-order valence-corrected chi connectivity index (χ0v) is 13.7. The van der Waals surface area contributed by atoms with Gasteiger partial charge in [0, 0.05) is 43.9 Å². The van der Waals surface area contributed by atoms with Gasteiger partial charge in [-0.1, -0.05) is 23.7 Å². The third-order valence-electron chi connectivity index (χ3n) is 4.01. The maximum Gasteiger partial charge on any atom is 0.333 e. The summed E-state index contributed by atoms with van der Waals surface area (Å²) in [6, 6.07) is 9.01. The highest BCUT2D eigenvalue weighted by atomic mass is 35.5. The molecule has 1 saturated heterocycles. The summed E-state index contributed by atoms with van der Waals surface area (Å²) in [6.45, 7) is 0.609. The van der Waals surface area contributed by atoms with E-state index >= 15 is 0 Å². The molecule has 1 aliphatic rings. The summed E-state index contributed by atoms with van der Waals surface area (Å²) >= 11 is 5.88. The minimum absolute atomic E-state index is 0.0569. The van der Waals surface area contributed by atoms with Crippen molar-refractivity contribution < 1.29 is 13.6 Å². The highest BCUT2D eigenvalue weighted by Gasteiger charge is 2.24. The lowest BCUT2D eigenvalue weighted by molar-refractivity contribution is 0.0534. The molecule has 24 heavy (non-hydrogen) atoms. The number of carbonyl (C=O) groups excluding carboxylic acids is 1. The van der Waals surface area contributed by atoms with Crippen LogP contribution in [0.4, 0.5) is 8.78 Å². The molecule has 8 heteroatoms. The molecule has 0 bridgehead atoms. The van der Waals surface area contributed by atoms with Crippen molar-refractivity contribution in [3.63, 3.8) is 0 Å². The van der Waals surface area contributed by atoms with Crippen molar-refractivity contribution in [1.29, 1.82) is 0 Å². The molecule has 0 N–H and O–H groups in total. The Morgan fingerprint density at radius 1 is 1.12 bits per heavy atom. The van der Waals surface area contributed by atoms with Crippen LogP contribution in [0.25, 0.3) is 0 Å². The number of piperazine rings is 1. The van der Waals surface area contributed by atoms with Crippen LogP contribution in [0.3, 0.4) is 0 Å². The summed E-state index contributed by atoms with van der Waals surface area (Å²) in [5.74, 6) is -0.305. The van der Waals surface area contributed by atoms with Crippen LogP contribution in [0.1, 0.15) is 22.6 Å². The summed E-state index contributed by atoms with van der Waals surface area (Å²) in [5.41, 5.74) is 1.22. The summed E-state index contributed by atoms with van der Waals surface area (Å²) in [5, 5.41) is 4.34. The predicted molar refractivity (Wildman–Crippen MR) is 86.1 cm³/mol. The standard InChI is InChI=1S/C16H17ClF2N4O/c17-13-3-1-12(2-4-13)11-21-7-9-22(10-8-21)15(24)14-5-6-23(20-14)16(18)19/h1-6,16H,7-11H2. The molecule has 1 aromatic heterocycles. The van der Waals surface area contributed by atoms with Crippen molar-refractivity contribution in [2.75, 3.05) is 26.2 Å². The molecule has 128 valence electrons. The molecule has 0 radical (unpaired) electrons. The second kappa shape index (κ2) is 7.27. The van der Waals surface area contributed by atoms with E-state index in [1.54, 1.807) is 4.90 Å². The maximum atomic E-state index is 12.5. The number of aromatic nitrogens is 2. The molecule has 0 unspecified atom stereocenters. The van der Waals surface area contributed by atoms with E-state index in [1.807, 2.05) is 24.3 Å². The Bertz CT molecular complexity index is 696. The SMILES string of the molecule is O=C(c1ccn(C(F)F)n1)N1CCN(Cc2ccc(Cl)cc2)CC1. The lowest BCUT2D eigenvalue weighted by Gasteiger charge is -2.34. The minimum Gasteiger partial charge on any atom is -0.335 e. The molecular weight excluding hydrogens is 338 g/mol. The number of alkyl halides is 2. The second-order valence-electron chi connectivity index (χ2n) is 5.65. The molecule has 3 rings (SSSR count). The summed E-state index contributed by atoms with van der Waals surface area (Å²) in [6.07, 6.45) is 1.12. The molecule has 1 fully saturated rings. The van der Waals surface area contributed by atoms with E-state index < -0.39 is 6.55 Å². The van der Waals surface area contributed by atoms with Crippen LogP contribution in [0.5, 0.6) is 0 Å². The lowest BCUT2D eigenvalue weighted by Crippen LogP contribution is -2.48. The Morgan fingerprint density at radius 2 is 1.79 bits per heavy atom. The van der Waals surface area contributed by atoms with Gasteiger partial charge in [0.15, 0.2) is 5.69 Å². The normalized spacial score (nSPS) is 15.9. The Balaban J connectivity index is 1.54. The first-order chi connectivity index (χ1) is 11.5. The number of amides is 1. The lowest BCUT2D eigenvalue weighted by atomic mass is 10.2. The first kappa shape index (κ1) is 16.9. The van der Waals surface area contributed by atoms with E-state index in [1.165, 1.54) is 6.07 Å². The first-order valence-electron chi connectivity index (χ1n) is 7.62.